The molecule has 0 aliphatic rings. The fourth-order valence-electron chi connectivity index (χ4n) is 1.60. The van der Waals surface area contributed by atoms with Crippen LogP contribution in [0.1, 0.15) is 28.9 Å². The number of aromatic nitrogens is 2. The Labute approximate surface area is 77.4 Å². The second kappa shape index (κ2) is 3.20. The third-order valence-electron chi connectivity index (χ3n) is 2.51. The van der Waals surface area contributed by atoms with Gasteiger partial charge in [0, 0.05) is 13.8 Å². The Hall–Kier alpha value is -1.32. The molecule has 1 rings (SSSR count). The SMILES string of the molecule is CC[n+]1c(C(=O)O)c(C)n(C)c1C. The zero-order valence-corrected chi connectivity index (χ0v) is 8.46. The molecule has 13 heavy (non-hydrogen) atoms. The first-order valence-electron chi connectivity index (χ1n) is 4.29. The molecule has 0 fully saturated rings. The Morgan fingerprint density at radius 3 is 2.38 bits per heavy atom. The molecule has 0 atom stereocenters. The van der Waals surface area contributed by atoms with Gasteiger partial charge in [-0.3, -0.25) is 0 Å². The van der Waals surface area contributed by atoms with Gasteiger partial charge in [0.2, 0.25) is 0 Å². The van der Waals surface area contributed by atoms with E-state index in [2.05, 4.69) is 0 Å². The van der Waals surface area contributed by atoms with E-state index in [0.29, 0.717) is 12.2 Å². The molecule has 0 bridgehead atoms. The van der Waals surface area contributed by atoms with Crippen LogP contribution in [0.15, 0.2) is 0 Å². The predicted octanol–water partition coefficient (Wildman–Crippen LogP) is 0.648. The van der Waals surface area contributed by atoms with Gasteiger partial charge in [-0.05, 0) is 6.92 Å². The maximum absolute atomic E-state index is 10.9. The number of nitrogens with zero attached hydrogens (tertiary/aromatic N) is 2. The monoisotopic (exact) mass is 183 g/mol. The van der Waals surface area contributed by atoms with Crippen molar-refractivity contribution in [3.05, 3.63) is 17.2 Å². The molecule has 0 unspecified atom stereocenters. The van der Waals surface area contributed by atoms with Gasteiger partial charge in [0.05, 0.1) is 13.6 Å². The van der Waals surface area contributed by atoms with Crippen molar-refractivity contribution < 1.29 is 14.5 Å². The highest BCUT2D eigenvalue weighted by Crippen LogP contribution is 2.06. The summed E-state index contributed by atoms with van der Waals surface area (Å²) in [6.07, 6.45) is 0. The molecule has 0 spiro atoms. The number of rotatable bonds is 2. The van der Waals surface area contributed by atoms with Crippen molar-refractivity contribution in [1.29, 1.82) is 0 Å². The van der Waals surface area contributed by atoms with E-state index in [1.807, 2.05) is 32.4 Å². The molecule has 0 amide bonds. The highest BCUT2D eigenvalue weighted by Gasteiger charge is 2.26. The van der Waals surface area contributed by atoms with Gasteiger partial charge in [0.1, 0.15) is 0 Å². The summed E-state index contributed by atoms with van der Waals surface area (Å²) in [5.74, 6) is 0.112. The van der Waals surface area contributed by atoms with Crippen LogP contribution in [0, 0.1) is 13.8 Å². The molecular weight excluding hydrogens is 168 g/mol. The number of hydrogen-bond acceptors (Lipinski definition) is 1. The van der Waals surface area contributed by atoms with E-state index in [9.17, 15) is 4.79 Å². The highest BCUT2D eigenvalue weighted by atomic mass is 16.4. The first kappa shape index (κ1) is 9.77. The van der Waals surface area contributed by atoms with Crippen LogP contribution in [0.4, 0.5) is 0 Å². The van der Waals surface area contributed by atoms with Gasteiger partial charge in [0.15, 0.2) is 5.69 Å². The summed E-state index contributed by atoms with van der Waals surface area (Å²) in [5, 5.41) is 8.98. The lowest BCUT2D eigenvalue weighted by atomic mass is 10.3. The van der Waals surface area contributed by atoms with Gasteiger partial charge >= 0.3 is 5.97 Å². The zero-order valence-electron chi connectivity index (χ0n) is 8.46. The average molecular weight is 183 g/mol. The Kier molecular flexibility index (Phi) is 2.40. The molecule has 0 aliphatic carbocycles. The van der Waals surface area contributed by atoms with E-state index >= 15 is 0 Å². The largest absolute Gasteiger partial charge is 0.475 e. The Morgan fingerprint density at radius 2 is 2.08 bits per heavy atom. The Bertz CT molecular complexity index is 353. The van der Waals surface area contributed by atoms with E-state index in [-0.39, 0.29) is 0 Å². The van der Waals surface area contributed by atoms with Crippen LogP contribution in [-0.4, -0.2) is 15.6 Å². The maximum atomic E-state index is 10.9. The molecule has 0 aliphatic heterocycles. The van der Waals surface area contributed by atoms with E-state index in [0.717, 1.165) is 11.5 Å². The van der Waals surface area contributed by atoms with Crippen molar-refractivity contribution in [2.24, 2.45) is 7.05 Å². The Morgan fingerprint density at radius 1 is 1.54 bits per heavy atom. The van der Waals surface area contributed by atoms with E-state index in [1.165, 1.54) is 0 Å². The van der Waals surface area contributed by atoms with Crippen molar-refractivity contribution in [3.63, 3.8) is 0 Å². The lowest BCUT2D eigenvalue weighted by Crippen LogP contribution is -2.40. The molecule has 4 heteroatoms. The van der Waals surface area contributed by atoms with Gasteiger partial charge < -0.3 is 5.11 Å². The first-order valence-corrected chi connectivity index (χ1v) is 4.29. The van der Waals surface area contributed by atoms with Gasteiger partial charge in [-0.15, -0.1) is 0 Å². The quantitative estimate of drug-likeness (QED) is 0.684. The van der Waals surface area contributed by atoms with Crippen LogP contribution in [0.25, 0.3) is 0 Å². The number of carboxylic acid groups (broad SMARTS) is 1. The van der Waals surface area contributed by atoms with Gasteiger partial charge in [-0.2, -0.15) is 0 Å². The molecule has 1 aromatic heterocycles. The number of aromatic carboxylic acids is 1. The van der Waals surface area contributed by atoms with Crippen LogP contribution in [0.5, 0.6) is 0 Å². The third kappa shape index (κ3) is 1.32. The first-order chi connectivity index (χ1) is 6.00. The normalized spacial score (nSPS) is 10.5. The van der Waals surface area contributed by atoms with Gasteiger partial charge in [-0.25, -0.2) is 13.9 Å². The smallest absolute Gasteiger partial charge is 0.380 e. The average Bonchev–Trinajstić information content (AvgIpc) is 2.29. The fraction of sp³-hybridized carbons (Fsp3) is 0.556. The molecule has 1 heterocycles. The molecule has 0 aromatic carbocycles. The lowest BCUT2D eigenvalue weighted by molar-refractivity contribution is -0.701. The van der Waals surface area contributed by atoms with Crippen molar-refractivity contribution in [1.82, 2.24) is 4.57 Å². The molecule has 0 saturated carbocycles. The van der Waals surface area contributed by atoms with Gasteiger partial charge in [-0.1, -0.05) is 0 Å². The molecule has 1 N–H and O–H groups in total. The molecule has 1 aromatic rings. The highest BCUT2D eigenvalue weighted by molar-refractivity contribution is 5.84. The summed E-state index contributed by atoms with van der Waals surface area (Å²) in [5.41, 5.74) is 1.19. The standard InChI is InChI=1S/C9H14N2O2/c1-5-11-7(3)10(4)6(2)8(11)9(12)13/h5H2,1-4H3/p+1. The summed E-state index contributed by atoms with van der Waals surface area (Å²) < 4.78 is 3.70. The molecular formula is C9H15N2O2+. The molecule has 4 nitrogen and oxygen atoms in total. The Balaban J connectivity index is 3.48. The van der Waals surface area contributed by atoms with Crippen LogP contribution in [-0.2, 0) is 13.6 Å². The second-order valence-electron chi connectivity index (χ2n) is 3.09. The number of imidazole rings is 1. The van der Waals surface area contributed by atoms with Crippen molar-refractivity contribution >= 4 is 5.97 Å². The van der Waals surface area contributed by atoms with E-state index in [4.69, 9.17) is 5.11 Å². The lowest BCUT2D eigenvalue weighted by Gasteiger charge is -1.94. The fourth-order valence-corrected chi connectivity index (χ4v) is 1.60. The van der Waals surface area contributed by atoms with Crippen LogP contribution < -0.4 is 4.57 Å². The van der Waals surface area contributed by atoms with Gasteiger partial charge in [0.25, 0.3) is 11.5 Å². The van der Waals surface area contributed by atoms with Crippen LogP contribution >= 0.6 is 0 Å². The minimum atomic E-state index is -0.858. The minimum Gasteiger partial charge on any atom is -0.475 e. The predicted molar refractivity (Wildman–Crippen MR) is 47.7 cm³/mol. The molecule has 0 saturated heterocycles. The summed E-state index contributed by atoms with van der Waals surface area (Å²) in [6.45, 7) is 6.37. The van der Waals surface area contributed by atoms with E-state index < -0.39 is 5.97 Å². The number of hydrogen-bond donors (Lipinski definition) is 1. The molecule has 0 radical (unpaired) electrons. The van der Waals surface area contributed by atoms with E-state index in [1.54, 1.807) is 4.57 Å². The second-order valence-corrected chi connectivity index (χ2v) is 3.09. The summed E-state index contributed by atoms with van der Waals surface area (Å²) >= 11 is 0. The van der Waals surface area contributed by atoms with Crippen molar-refractivity contribution in [2.75, 3.05) is 0 Å². The van der Waals surface area contributed by atoms with Crippen LogP contribution in [0.2, 0.25) is 0 Å². The molecule has 72 valence electrons. The number of carbonyl (C=O) groups is 1. The third-order valence-corrected chi connectivity index (χ3v) is 2.51. The summed E-state index contributed by atoms with van der Waals surface area (Å²) in [7, 11) is 1.88. The topological polar surface area (TPSA) is 46.1 Å². The van der Waals surface area contributed by atoms with Crippen LogP contribution in [0.3, 0.4) is 0 Å². The minimum absolute atomic E-state index is 0.391. The van der Waals surface area contributed by atoms with Crippen molar-refractivity contribution in [3.8, 4) is 0 Å². The summed E-state index contributed by atoms with van der Waals surface area (Å²) in [6, 6.07) is 0. The maximum Gasteiger partial charge on any atom is 0.380 e. The number of carboxylic acids is 1. The zero-order chi connectivity index (χ0) is 10.2. The van der Waals surface area contributed by atoms with Crippen molar-refractivity contribution in [2.45, 2.75) is 27.3 Å². The summed E-state index contributed by atoms with van der Waals surface area (Å²) in [4.78, 5) is 10.9.